The molecule has 0 bridgehead atoms. The molecule has 1 fully saturated rings. The van der Waals surface area contributed by atoms with Crippen molar-refractivity contribution in [3.8, 4) is 0 Å². The van der Waals surface area contributed by atoms with Crippen LogP contribution in [0.25, 0.3) is 0 Å². The molecule has 0 unspecified atom stereocenters. The zero-order valence-corrected chi connectivity index (χ0v) is 21.9. The van der Waals surface area contributed by atoms with Crippen molar-refractivity contribution in [2.24, 2.45) is 0 Å². The third kappa shape index (κ3) is 4.53. The molecule has 0 aromatic heterocycles. The van der Waals surface area contributed by atoms with Gasteiger partial charge in [-0.3, -0.25) is 0 Å². The van der Waals surface area contributed by atoms with Crippen LogP contribution in [0.4, 0.5) is 4.39 Å². The van der Waals surface area contributed by atoms with E-state index in [0.717, 1.165) is 69.0 Å². The van der Waals surface area contributed by atoms with Crippen molar-refractivity contribution in [2.45, 2.75) is 115 Å². The van der Waals surface area contributed by atoms with E-state index in [9.17, 15) is 0 Å². The normalized spacial score (nSPS) is 17.5. The number of nitrogens with one attached hydrogen (secondary N) is 1. The Morgan fingerprint density at radius 3 is 1.24 bits per heavy atom. The minimum atomic E-state index is -1.52. The van der Waals surface area contributed by atoms with E-state index in [0.29, 0.717) is 0 Å². The Morgan fingerprint density at radius 2 is 0.970 bits per heavy atom. The molecule has 1 aliphatic rings. The van der Waals surface area contributed by atoms with Crippen molar-refractivity contribution in [2.75, 3.05) is 6.54 Å². The van der Waals surface area contributed by atoms with E-state index in [-0.39, 0.29) is 16.9 Å². The Bertz CT molecular complexity index is 773. The van der Waals surface area contributed by atoms with Gasteiger partial charge in [-0.25, -0.2) is 4.39 Å². The Balaban J connectivity index is 2.04. The van der Waals surface area contributed by atoms with Gasteiger partial charge in [0.25, 0.3) is 0 Å². The maximum absolute atomic E-state index is 17.2. The van der Waals surface area contributed by atoms with Gasteiger partial charge < -0.3 is 5.32 Å². The van der Waals surface area contributed by atoms with Crippen LogP contribution in [0, 0.1) is 0 Å². The number of rotatable bonds is 11. The average Bonchev–Trinajstić information content (AvgIpc) is 3.43. The molecule has 182 valence electrons. The Morgan fingerprint density at radius 1 is 0.636 bits per heavy atom. The van der Waals surface area contributed by atoms with E-state index in [2.05, 4.69) is 95.4 Å². The minimum absolute atomic E-state index is 0.184. The summed E-state index contributed by atoms with van der Waals surface area (Å²) in [5.41, 5.74) is 3.10. The lowest BCUT2D eigenvalue weighted by Crippen LogP contribution is -2.43. The Labute approximate surface area is 202 Å². The number of benzene rings is 2. The zero-order chi connectivity index (χ0) is 24.1. The summed E-state index contributed by atoms with van der Waals surface area (Å²) in [4.78, 5) is 0. The number of halogens is 1. The molecular weight excluding hydrogens is 405 g/mol. The lowest BCUT2D eigenvalue weighted by molar-refractivity contribution is 0.163. The second kappa shape index (κ2) is 10.7. The van der Waals surface area contributed by atoms with Crippen LogP contribution in [0.5, 0.6) is 0 Å². The van der Waals surface area contributed by atoms with E-state index in [1.807, 2.05) is 0 Å². The van der Waals surface area contributed by atoms with Crippen LogP contribution >= 0.6 is 0 Å². The monoisotopic (exact) mass is 451 g/mol. The summed E-state index contributed by atoms with van der Waals surface area (Å²) in [6.45, 7) is 14.5. The molecule has 1 aliphatic heterocycles. The number of hydrogen-bond acceptors (Lipinski definition) is 1. The lowest BCUT2D eigenvalue weighted by Gasteiger charge is -2.36. The first-order valence-corrected chi connectivity index (χ1v) is 13.5. The van der Waals surface area contributed by atoms with Crippen molar-refractivity contribution in [3.63, 3.8) is 0 Å². The van der Waals surface area contributed by atoms with E-state index < -0.39 is 5.67 Å². The summed E-state index contributed by atoms with van der Waals surface area (Å²) >= 11 is 0. The SMILES string of the molecule is CCC(CC)(CC)c1ccc(C(F)(c2ccc(C(CC)(CC)CC)cc2)[C@H]2CCCN2)cc1. The molecule has 1 nitrogen and oxygen atoms in total. The van der Waals surface area contributed by atoms with Gasteiger partial charge in [0.15, 0.2) is 5.67 Å². The van der Waals surface area contributed by atoms with Gasteiger partial charge in [0.2, 0.25) is 0 Å². The minimum Gasteiger partial charge on any atom is -0.310 e. The molecule has 0 amide bonds. The third-order valence-corrected chi connectivity index (χ3v) is 9.44. The molecule has 2 heteroatoms. The summed E-state index contributed by atoms with van der Waals surface area (Å²) in [7, 11) is 0. The summed E-state index contributed by atoms with van der Waals surface area (Å²) in [6, 6.07) is 16.8. The summed E-state index contributed by atoms with van der Waals surface area (Å²) < 4.78 is 17.2. The second-order valence-corrected chi connectivity index (χ2v) is 10.2. The highest BCUT2D eigenvalue weighted by atomic mass is 19.1. The summed E-state index contributed by atoms with van der Waals surface area (Å²) in [5, 5.41) is 3.48. The van der Waals surface area contributed by atoms with Crippen LogP contribution in [0.15, 0.2) is 48.5 Å². The van der Waals surface area contributed by atoms with E-state index in [4.69, 9.17) is 0 Å². The molecule has 1 N–H and O–H groups in total. The molecule has 1 atom stereocenters. The number of hydrogen-bond donors (Lipinski definition) is 1. The van der Waals surface area contributed by atoms with Crippen molar-refractivity contribution in [3.05, 3.63) is 70.8 Å². The maximum Gasteiger partial charge on any atom is 0.176 e. The van der Waals surface area contributed by atoms with Gasteiger partial charge in [0, 0.05) is 6.04 Å². The van der Waals surface area contributed by atoms with E-state index in [1.54, 1.807) is 0 Å². The van der Waals surface area contributed by atoms with Crippen molar-refractivity contribution >= 4 is 0 Å². The molecule has 33 heavy (non-hydrogen) atoms. The molecule has 2 aromatic rings. The summed E-state index contributed by atoms with van der Waals surface area (Å²) in [6.07, 6.45) is 8.56. The third-order valence-electron chi connectivity index (χ3n) is 9.44. The molecular formula is C31H46FN. The van der Waals surface area contributed by atoms with Gasteiger partial charge in [-0.2, -0.15) is 0 Å². The van der Waals surface area contributed by atoms with Gasteiger partial charge in [0.1, 0.15) is 0 Å². The van der Waals surface area contributed by atoms with Crippen LogP contribution in [0.3, 0.4) is 0 Å². The van der Waals surface area contributed by atoms with Crippen molar-refractivity contribution < 1.29 is 4.39 Å². The number of alkyl halides is 1. The smallest absolute Gasteiger partial charge is 0.176 e. The predicted molar refractivity (Wildman–Crippen MR) is 141 cm³/mol. The second-order valence-electron chi connectivity index (χ2n) is 10.2. The first-order valence-electron chi connectivity index (χ1n) is 13.5. The molecule has 2 aromatic carbocycles. The van der Waals surface area contributed by atoms with Crippen LogP contribution in [0.1, 0.15) is 115 Å². The highest BCUT2D eigenvalue weighted by molar-refractivity contribution is 5.43. The molecule has 0 saturated carbocycles. The zero-order valence-electron chi connectivity index (χ0n) is 21.9. The Hall–Kier alpha value is -1.67. The molecule has 0 radical (unpaired) electrons. The largest absolute Gasteiger partial charge is 0.310 e. The van der Waals surface area contributed by atoms with Crippen molar-refractivity contribution in [1.82, 2.24) is 5.32 Å². The Kier molecular flexibility index (Phi) is 8.43. The van der Waals surface area contributed by atoms with Gasteiger partial charge >= 0.3 is 0 Å². The predicted octanol–water partition coefficient (Wildman–Crippen LogP) is 8.59. The molecule has 1 saturated heterocycles. The maximum atomic E-state index is 17.2. The van der Waals surface area contributed by atoms with Gasteiger partial charge in [-0.15, -0.1) is 0 Å². The van der Waals surface area contributed by atoms with Crippen LogP contribution in [0.2, 0.25) is 0 Å². The highest BCUT2D eigenvalue weighted by Crippen LogP contribution is 2.43. The van der Waals surface area contributed by atoms with Crippen molar-refractivity contribution in [1.29, 1.82) is 0 Å². The summed E-state index contributed by atoms with van der Waals surface area (Å²) in [5.74, 6) is 0. The van der Waals surface area contributed by atoms with Crippen LogP contribution in [-0.2, 0) is 16.5 Å². The topological polar surface area (TPSA) is 12.0 Å². The standard InChI is InChI=1S/C31H46FN/c1-7-29(8-2,9-3)24-15-19-26(20-16-24)31(32,28-14-13-23-33-28)27-21-17-25(18-22-27)30(10-4,11-5)12-6/h15-22,28,33H,7-14,23H2,1-6H3/t28-/m1/s1. The quantitative estimate of drug-likeness (QED) is 0.361. The molecule has 0 spiro atoms. The van der Waals surface area contributed by atoms with Crippen LogP contribution in [-0.4, -0.2) is 12.6 Å². The van der Waals surface area contributed by atoms with Gasteiger partial charge in [0.05, 0.1) is 0 Å². The van der Waals surface area contributed by atoms with Crippen LogP contribution < -0.4 is 5.32 Å². The fraction of sp³-hybridized carbons (Fsp3) is 0.613. The fourth-order valence-corrected chi connectivity index (χ4v) is 6.45. The van der Waals surface area contributed by atoms with E-state index in [1.165, 1.54) is 11.1 Å². The first-order chi connectivity index (χ1) is 15.9. The van der Waals surface area contributed by atoms with Gasteiger partial charge in [-0.1, -0.05) is 90.1 Å². The fourth-order valence-electron chi connectivity index (χ4n) is 6.45. The first kappa shape index (κ1) is 25.9. The molecule has 3 rings (SSSR count). The average molecular weight is 452 g/mol. The highest BCUT2D eigenvalue weighted by Gasteiger charge is 2.44. The molecule has 0 aliphatic carbocycles. The molecule has 1 heterocycles. The lowest BCUT2D eigenvalue weighted by atomic mass is 9.72. The van der Waals surface area contributed by atoms with E-state index >= 15 is 4.39 Å². The van der Waals surface area contributed by atoms with Gasteiger partial charge in [-0.05, 0) is 91.0 Å².